The second kappa shape index (κ2) is 21.6. The first-order valence-electron chi connectivity index (χ1n) is 25.3. The van der Waals surface area contributed by atoms with Crippen LogP contribution in [-0.4, -0.2) is 106 Å². The van der Waals surface area contributed by atoms with Gasteiger partial charge in [-0.2, -0.15) is 0 Å². The Morgan fingerprint density at radius 1 is 0.957 bits per heavy atom. The van der Waals surface area contributed by atoms with Gasteiger partial charge in [-0.15, -0.1) is 11.8 Å². The van der Waals surface area contributed by atoms with E-state index in [1.807, 2.05) is 12.4 Å². The number of fused-ring (bicyclic) bond motifs is 1. The van der Waals surface area contributed by atoms with E-state index in [4.69, 9.17) is 4.74 Å². The summed E-state index contributed by atoms with van der Waals surface area (Å²) in [4.78, 5) is 71.7. The molecule has 2 fully saturated rings. The van der Waals surface area contributed by atoms with E-state index in [1.54, 1.807) is 7.05 Å². The number of carbonyl (C=O) groups excluding carboxylic acids is 3. The van der Waals surface area contributed by atoms with Crippen LogP contribution in [0.5, 0.6) is 0 Å². The number of benzene rings is 1. The molecule has 1 aromatic carbocycles. The number of piperidine rings is 1. The van der Waals surface area contributed by atoms with Crippen molar-refractivity contribution >= 4 is 47.6 Å². The molecule has 2 bridgehead atoms. The molecular formula is C54H66N6O9S. The third-order valence-corrected chi connectivity index (χ3v) is 17.8. The molecule has 1 saturated carbocycles. The Morgan fingerprint density at radius 2 is 1.74 bits per heavy atom. The molecule has 16 heteroatoms. The van der Waals surface area contributed by atoms with E-state index >= 15 is 4.79 Å². The molecule has 3 heterocycles. The largest absolute Gasteiger partial charge is 0.480 e. The zero-order chi connectivity index (χ0) is 49.0. The third kappa shape index (κ3) is 9.97. The van der Waals surface area contributed by atoms with E-state index in [-0.39, 0.29) is 60.4 Å². The lowest BCUT2D eigenvalue weighted by atomic mass is 9.56. The Balaban J connectivity index is 1.18. The summed E-state index contributed by atoms with van der Waals surface area (Å²) in [7, 11) is 1.66. The minimum atomic E-state index is -2.23. The lowest BCUT2D eigenvalue weighted by Gasteiger charge is -2.48. The van der Waals surface area contributed by atoms with Crippen molar-refractivity contribution in [1.29, 1.82) is 0 Å². The van der Waals surface area contributed by atoms with Crippen LogP contribution < -0.4 is 26.6 Å². The van der Waals surface area contributed by atoms with Gasteiger partial charge in [-0.05, 0) is 135 Å². The number of aliphatic hydroxyl groups is 1. The molecule has 2 aromatic rings. The van der Waals surface area contributed by atoms with E-state index < -0.39 is 52.7 Å². The minimum absolute atomic E-state index is 0.0518. The van der Waals surface area contributed by atoms with Crippen LogP contribution in [0.25, 0.3) is 6.08 Å². The zero-order valence-electron chi connectivity index (χ0n) is 39.9. The number of thioether (sulfide) groups is 1. The van der Waals surface area contributed by atoms with Crippen LogP contribution >= 0.6 is 11.8 Å². The van der Waals surface area contributed by atoms with E-state index in [9.17, 15) is 34.5 Å². The molecule has 1 aromatic heterocycles. The fraction of sp³-hybridized carbons (Fsp3) is 0.556. The normalized spacial score (nSPS) is 27.6. The Kier molecular flexibility index (Phi) is 15.3. The number of hydrogen-bond acceptors (Lipinski definition) is 12. The quantitative estimate of drug-likeness (QED) is 0.0490. The molecule has 9 atom stereocenters. The first kappa shape index (κ1) is 49.7. The van der Waals surface area contributed by atoms with Gasteiger partial charge >= 0.3 is 17.9 Å². The number of carbonyl (C=O) groups is 5. The Hall–Kier alpha value is -5.31. The Labute approximate surface area is 413 Å². The maximum atomic E-state index is 15.9. The molecule has 9 rings (SSSR count). The highest BCUT2D eigenvalue weighted by Gasteiger charge is 2.63. The van der Waals surface area contributed by atoms with Crippen molar-refractivity contribution < 1.29 is 44.0 Å². The average Bonchev–Trinajstić information content (AvgIpc) is 3.87. The summed E-state index contributed by atoms with van der Waals surface area (Å²) in [5.41, 5.74) is 6.28. The number of esters is 1. The second-order valence-electron chi connectivity index (χ2n) is 20.4. The fourth-order valence-corrected chi connectivity index (χ4v) is 14.6. The number of aliphatic hydroxyl groups excluding tert-OH is 1. The smallest absolute Gasteiger partial charge is 0.353 e. The third-order valence-electron chi connectivity index (χ3n) is 16.2. The molecule has 7 aliphatic rings. The van der Waals surface area contributed by atoms with Crippen molar-refractivity contribution in [3.63, 3.8) is 0 Å². The maximum absolute atomic E-state index is 15.9. The summed E-state index contributed by atoms with van der Waals surface area (Å²) in [6.45, 7) is 0.969. The van der Waals surface area contributed by atoms with Gasteiger partial charge in [-0.1, -0.05) is 79.9 Å². The monoisotopic (exact) mass is 974 g/mol. The number of hydrogen-bond donors (Lipinski definition) is 8. The summed E-state index contributed by atoms with van der Waals surface area (Å²) < 4.78 is 7.00. The van der Waals surface area contributed by atoms with Crippen molar-refractivity contribution in [3.8, 4) is 11.8 Å². The number of nitrogens with zero attached hydrogens (tertiary/aromatic N) is 1. The number of aliphatic carboxylic acids is 2. The number of aromatic nitrogens is 1. The van der Waals surface area contributed by atoms with E-state index in [0.29, 0.717) is 18.6 Å². The number of carboxylic acids is 2. The van der Waals surface area contributed by atoms with Gasteiger partial charge < -0.3 is 41.3 Å². The molecule has 5 aliphatic carbocycles. The van der Waals surface area contributed by atoms with Gasteiger partial charge in [0.05, 0.1) is 5.25 Å². The van der Waals surface area contributed by atoms with E-state index in [0.717, 1.165) is 100 Å². The summed E-state index contributed by atoms with van der Waals surface area (Å²) in [5.74, 6) is 3.59. The van der Waals surface area contributed by atoms with Gasteiger partial charge in [-0.25, -0.2) is 9.59 Å². The summed E-state index contributed by atoms with van der Waals surface area (Å²) in [6, 6.07) is 8.02. The Bertz CT molecular complexity index is 2510. The molecule has 8 N–H and O–H groups in total. The number of amides is 2. The van der Waals surface area contributed by atoms with Crippen molar-refractivity contribution in [3.05, 3.63) is 93.5 Å². The molecule has 70 heavy (non-hydrogen) atoms. The van der Waals surface area contributed by atoms with Crippen LogP contribution in [-0.2, 0) is 48.0 Å². The highest BCUT2D eigenvalue weighted by molar-refractivity contribution is 8.00. The zero-order valence-corrected chi connectivity index (χ0v) is 40.7. The lowest BCUT2D eigenvalue weighted by Crippen LogP contribution is -2.54. The van der Waals surface area contributed by atoms with Crippen LogP contribution in [0.1, 0.15) is 106 Å². The highest BCUT2D eigenvalue weighted by Crippen LogP contribution is 2.62. The molecule has 0 radical (unpaired) electrons. The predicted octanol–water partition coefficient (Wildman–Crippen LogP) is 4.79. The van der Waals surface area contributed by atoms with Crippen molar-refractivity contribution in [2.75, 3.05) is 26.0 Å². The summed E-state index contributed by atoms with van der Waals surface area (Å²) in [6.07, 6.45) is 17.8. The SMILES string of the molecule is CNCN[C@@H](CCC(=O)N[C@@H](CS[C@H]1C2=C3[C@@H](CCCCCC14CCCC4)CC(Cc1ccncc1)=C1[C@@H]4NCC[C@H]5C=Cc6cccc(c6C[C@@H]54)CC#C[C@]31C(=O)O2)C(=O)N[C@@H](O)C(=O)O)C(=O)O. The maximum Gasteiger partial charge on any atom is 0.353 e. The second-order valence-corrected chi connectivity index (χ2v) is 21.5. The predicted molar refractivity (Wildman–Crippen MR) is 264 cm³/mol. The van der Waals surface area contributed by atoms with Crippen LogP contribution in [0.15, 0.2) is 71.3 Å². The molecule has 372 valence electrons. The number of ether oxygens (including phenoxy) is 1. The number of carboxylic acid groups (broad SMARTS) is 2. The van der Waals surface area contributed by atoms with E-state index in [1.165, 1.54) is 34.0 Å². The topological polar surface area (TPSA) is 228 Å². The summed E-state index contributed by atoms with van der Waals surface area (Å²) >= 11 is 1.43. The first-order valence-corrected chi connectivity index (χ1v) is 26.3. The number of pyridine rings is 1. The van der Waals surface area contributed by atoms with Gasteiger partial charge in [0.15, 0.2) is 5.41 Å². The first-order chi connectivity index (χ1) is 33.9. The van der Waals surface area contributed by atoms with E-state index in [2.05, 4.69) is 85.9 Å². The van der Waals surface area contributed by atoms with Crippen molar-refractivity contribution in [2.24, 2.45) is 28.6 Å². The van der Waals surface area contributed by atoms with Crippen LogP contribution in [0, 0.1) is 40.4 Å². The molecule has 1 saturated heterocycles. The van der Waals surface area contributed by atoms with Gasteiger partial charge in [0.2, 0.25) is 18.0 Å². The molecular weight excluding hydrogens is 909 g/mol. The molecule has 2 spiro atoms. The summed E-state index contributed by atoms with van der Waals surface area (Å²) in [5, 5.41) is 43.8. The van der Waals surface area contributed by atoms with Gasteiger partial charge in [-0.3, -0.25) is 24.7 Å². The fourth-order valence-electron chi connectivity index (χ4n) is 12.9. The van der Waals surface area contributed by atoms with Gasteiger partial charge in [0.1, 0.15) is 17.8 Å². The Morgan fingerprint density at radius 3 is 2.50 bits per heavy atom. The number of allylic oxidation sites excluding steroid dienone is 2. The van der Waals surface area contributed by atoms with Crippen LogP contribution in [0.3, 0.4) is 0 Å². The molecule has 2 aliphatic heterocycles. The molecule has 0 unspecified atom stereocenters. The molecule has 2 amide bonds. The number of rotatable bonds is 16. The minimum Gasteiger partial charge on any atom is -0.480 e. The standard InChI is InChI=1S/C54H66N6O9S/c1-55-31-58-40(50(64)65)15-16-42(61)59-41(48(62)60-49(63)51(66)67)30-70-47-46-44-36(9-3-2-4-20-53(47)21-5-6-22-53)28-37(27-32-17-24-56-25-18-32)43-45-39-29-38-33(12-8-23-54(43,44)52(68)69-46)10-7-11-34(38)13-14-35(39)19-26-57-45/h7,10-11,13-14,17-18,24-25,35-36,39-41,45,47,49,55,57-58,63H,2-6,9,12,15-16,19-22,26-31H2,1H3,(H,59,61)(H,60,62)(H,64,65)(H,66,67)/t35-,36+,39+,40+,41+,45-,47+,49+,54-/m1/s1. The van der Waals surface area contributed by atoms with Crippen LogP contribution in [0.2, 0.25) is 0 Å². The number of nitrogens with one attached hydrogen (secondary N) is 5. The van der Waals surface area contributed by atoms with Gasteiger partial charge in [0, 0.05) is 49.3 Å². The van der Waals surface area contributed by atoms with Crippen LogP contribution in [0.4, 0.5) is 0 Å². The van der Waals surface area contributed by atoms with Gasteiger partial charge in [0.25, 0.3) is 0 Å². The lowest BCUT2D eigenvalue weighted by molar-refractivity contribution is -0.151. The average molecular weight is 975 g/mol. The highest BCUT2D eigenvalue weighted by atomic mass is 32.2. The van der Waals surface area contributed by atoms with Crippen molar-refractivity contribution in [1.82, 2.24) is 31.6 Å². The van der Waals surface area contributed by atoms with Crippen molar-refractivity contribution in [2.45, 2.75) is 132 Å². The molecule has 15 nitrogen and oxygen atoms in total.